The molecule has 1 heterocycles. The Morgan fingerprint density at radius 1 is 1.64 bits per heavy atom. The first-order valence-corrected chi connectivity index (χ1v) is 6.08. The van der Waals surface area contributed by atoms with Crippen molar-refractivity contribution in [2.75, 3.05) is 18.1 Å². The van der Waals surface area contributed by atoms with Crippen LogP contribution in [0.1, 0.15) is 19.2 Å². The van der Waals surface area contributed by atoms with E-state index in [0.29, 0.717) is 18.4 Å². The second-order valence-corrected chi connectivity index (χ2v) is 4.97. The van der Waals surface area contributed by atoms with Crippen LogP contribution >= 0.6 is 0 Å². The Morgan fingerprint density at radius 2 is 2.36 bits per heavy atom. The quantitative estimate of drug-likeness (QED) is 0.795. The molecule has 14 heavy (non-hydrogen) atoms. The molecule has 0 fully saturated rings. The van der Waals surface area contributed by atoms with Crippen molar-refractivity contribution in [2.24, 2.45) is 0 Å². The highest BCUT2D eigenvalue weighted by molar-refractivity contribution is 7.84. The number of hydrogen-bond donors (Lipinski definition) is 1. The largest absolute Gasteiger partial charge is 0.338 e. The zero-order chi connectivity index (χ0) is 10.6. The average Bonchev–Trinajstić information content (AvgIpc) is 2.51. The SMILES string of the molecule is Cc1noc(NCCC(C)S(C)=O)n1. The first-order valence-electron chi connectivity index (χ1n) is 4.46. The molecule has 0 aliphatic carbocycles. The molecule has 2 atom stereocenters. The Hall–Kier alpha value is -0.910. The zero-order valence-electron chi connectivity index (χ0n) is 8.61. The van der Waals surface area contributed by atoms with Gasteiger partial charge < -0.3 is 9.84 Å². The summed E-state index contributed by atoms with van der Waals surface area (Å²) in [6.45, 7) is 4.41. The summed E-state index contributed by atoms with van der Waals surface area (Å²) in [5.41, 5.74) is 0. The van der Waals surface area contributed by atoms with Crippen LogP contribution in [-0.4, -0.2) is 32.4 Å². The Morgan fingerprint density at radius 3 is 2.86 bits per heavy atom. The van der Waals surface area contributed by atoms with Crippen LogP contribution in [0.25, 0.3) is 0 Å². The van der Waals surface area contributed by atoms with Crippen LogP contribution in [-0.2, 0) is 10.8 Å². The lowest BCUT2D eigenvalue weighted by molar-refractivity contribution is 0.425. The van der Waals surface area contributed by atoms with Gasteiger partial charge in [-0.15, -0.1) is 0 Å². The lowest BCUT2D eigenvalue weighted by Crippen LogP contribution is -2.14. The van der Waals surface area contributed by atoms with Gasteiger partial charge in [0.1, 0.15) is 0 Å². The average molecular weight is 217 g/mol. The van der Waals surface area contributed by atoms with Gasteiger partial charge in [-0.2, -0.15) is 4.98 Å². The number of aromatic nitrogens is 2. The van der Waals surface area contributed by atoms with E-state index in [4.69, 9.17) is 4.52 Å². The van der Waals surface area contributed by atoms with E-state index >= 15 is 0 Å². The highest BCUT2D eigenvalue weighted by atomic mass is 32.2. The molecule has 1 aromatic heterocycles. The van der Waals surface area contributed by atoms with Crippen molar-refractivity contribution in [2.45, 2.75) is 25.5 Å². The predicted octanol–water partition coefficient (Wildman–Crippen LogP) is 0.947. The van der Waals surface area contributed by atoms with Crippen molar-refractivity contribution >= 4 is 16.8 Å². The van der Waals surface area contributed by atoms with E-state index in [2.05, 4.69) is 15.5 Å². The second-order valence-electron chi connectivity index (χ2n) is 3.17. The fourth-order valence-corrected chi connectivity index (χ4v) is 1.37. The standard InChI is InChI=1S/C8H15N3O2S/c1-6(14(3)12)4-5-9-8-10-7(2)11-13-8/h6H,4-5H2,1-3H3,(H,9,10,11). The molecule has 1 N–H and O–H groups in total. The van der Waals surface area contributed by atoms with Crippen molar-refractivity contribution in [1.29, 1.82) is 0 Å². The lowest BCUT2D eigenvalue weighted by atomic mass is 10.3. The number of anilines is 1. The molecule has 0 aliphatic rings. The van der Waals surface area contributed by atoms with E-state index in [-0.39, 0.29) is 5.25 Å². The van der Waals surface area contributed by atoms with Crippen molar-refractivity contribution in [3.63, 3.8) is 0 Å². The Kier molecular flexibility index (Phi) is 4.06. The summed E-state index contributed by atoms with van der Waals surface area (Å²) in [4.78, 5) is 3.99. The summed E-state index contributed by atoms with van der Waals surface area (Å²) in [5.74, 6) is 0.611. The van der Waals surface area contributed by atoms with Crippen molar-refractivity contribution in [1.82, 2.24) is 10.1 Å². The van der Waals surface area contributed by atoms with Gasteiger partial charge >= 0.3 is 6.01 Å². The maximum Gasteiger partial charge on any atom is 0.321 e. The fraction of sp³-hybridized carbons (Fsp3) is 0.750. The topological polar surface area (TPSA) is 68.0 Å². The Balaban J connectivity index is 2.25. The van der Waals surface area contributed by atoms with E-state index in [1.807, 2.05) is 6.92 Å². The number of nitrogens with zero attached hydrogens (tertiary/aromatic N) is 2. The van der Waals surface area contributed by atoms with Crippen LogP contribution in [0.5, 0.6) is 0 Å². The molecule has 0 radical (unpaired) electrons. The molecular weight excluding hydrogens is 202 g/mol. The van der Waals surface area contributed by atoms with E-state index in [9.17, 15) is 4.21 Å². The smallest absolute Gasteiger partial charge is 0.321 e. The second kappa shape index (κ2) is 5.09. The molecule has 5 nitrogen and oxygen atoms in total. The van der Waals surface area contributed by atoms with Gasteiger partial charge in [0.05, 0.1) is 0 Å². The third kappa shape index (κ3) is 3.45. The monoisotopic (exact) mass is 217 g/mol. The number of aryl methyl sites for hydroxylation is 1. The summed E-state index contributed by atoms with van der Waals surface area (Å²) < 4.78 is 15.9. The van der Waals surface area contributed by atoms with Crippen molar-refractivity contribution in [3.8, 4) is 0 Å². The molecule has 2 unspecified atom stereocenters. The first-order chi connectivity index (χ1) is 6.59. The number of hydrogen-bond acceptors (Lipinski definition) is 5. The van der Waals surface area contributed by atoms with Gasteiger partial charge in [-0.1, -0.05) is 12.1 Å². The fourth-order valence-electron chi connectivity index (χ4n) is 0.917. The molecule has 0 saturated heterocycles. The lowest BCUT2D eigenvalue weighted by Gasteiger charge is -2.06. The molecule has 0 spiro atoms. The van der Waals surface area contributed by atoms with Crippen LogP contribution in [0.15, 0.2) is 4.52 Å². The Bertz CT molecular complexity index is 313. The van der Waals surface area contributed by atoms with E-state index < -0.39 is 10.8 Å². The van der Waals surface area contributed by atoms with Crippen LogP contribution in [0.4, 0.5) is 6.01 Å². The molecule has 6 heteroatoms. The van der Waals surface area contributed by atoms with E-state index in [0.717, 1.165) is 6.42 Å². The summed E-state index contributed by atoms with van der Waals surface area (Å²) in [5, 5.41) is 6.80. The molecule has 0 amide bonds. The summed E-state index contributed by atoms with van der Waals surface area (Å²) in [7, 11) is -0.770. The molecule has 0 aromatic carbocycles. The minimum atomic E-state index is -0.770. The first kappa shape index (κ1) is 11.2. The Labute approximate surface area is 85.7 Å². The van der Waals surface area contributed by atoms with E-state index in [1.54, 1.807) is 13.2 Å². The molecule has 0 aliphatic heterocycles. The van der Waals surface area contributed by atoms with Gasteiger partial charge in [0.25, 0.3) is 0 Å². The van der Waals surface area contributed by atoms with Gasteiger partial charge in [0.15, 0.2) is 5.82 Å². The van der Waals surface area contributed by atoms with Gasteiger partial charge in [-0.05, 0) is 13.3 Å². The highest BCUT2D eigenvalue weighted by Gasteiger charge is 2.06. The third-order valence-corrected chi connectivity index (χ3v) is 3.29. The van der Waals surface area contributed by atoms with Crippen LogP contribution in [0.3, 0.4) is 0 Å². The van der Waals surface area contributed by atoms with E-state index in [1.165, 1.54) is 0 Å². The minimum Gasteiger partial charge on any atom is -0.338 e. The molecule has 80 valence electrons. The number of rotatable bonds is 5. The predicted molar refractivity (Wildman–Crippen MR) is 55.7 cm³/mol. The summed E-state index contributed by atoms with van der Waals surface area (Å²) >= 11 is 0. The molecule has 0 bridgehead atoms. The molecule has 0 saturated carbocycles. The molecule has 1 aromatic rings. The van der Waals surface area contributed by atoms with Crippen molar-refractivity contribution in [3.05, 3.63) is 5.82 Å². The van der Waals surface area contributed by atoms with Gasteiger partial charge in [0.2, 0.25) is 0 Å². The summed E-state index contributed by atoms with van der Waals surface area (Å²) in [6.07, 6.45) is 2.53. The maximum atomic E-state index is 11.0. The normalized spacial score (nSPS) is 15.1. The maximum absolute atomic E-state index is 11.0. The zero-order valence-corrected chi connectivity index (χ0v) is 9.43. The highest BCUT2D eigenvalue weighted by Crippen LogP contribution is 2.04. The summed E-state index contributed by atoms with van der Waals surface area (Å²) in [6, 6.07) is 0.427. The van der Waals surface area contributed by atoms with Crippen LogP contribution in [0.2, 0.25) is 0 Å². The van der Waals surface area contributed by atoms with Gasteiger partial charge in [0, 0.05) is 28.9 Å². The number of nitrogens with one attached hydrogen (secondary N) is 1. The van der Waals surface area contributed by atoms with Crippen LogP contribution in [0, 0.1) is 6.92 Å². The van der Waals surface area contributed by atoms with Crippen molar-refractivity contribution < 1.29 is 8.73 Å². The third-order valence-electron chi connectivity index (χ3n) is 1.92. The minimum absolute atomic E-state index is 0.187. The van der Waals surface area contributed by atoms with Gasteiger partial charge in [-0.3, -0.25) is 4.21 Å². The van der Waals surface area contributed by atoms with Gasteiger partial charge in [-0.25, -0.2) is 0 Å². The molecule has 1 rings (SSSR count). The van der Waals surface area contributed by atoms with Crippen LogP contribution < -0.4 is 5.32 Å². The molecular formula is C8H15N3O2S.